The van der Waals surface area contributed by atoms with Crippen LogP contribution in [0, 0.1) is 12.8 Å². The van der Waals surface area contributed by atoms with E-state index in [1.54, 1.807) is 0 Å². The van der Waals surface area contributed by atoms with E-state index in [0.717, 1.165) is 18.7 Å². The van der Waals surface area contributed by atoms with Crippen LogP contribution in [0.2, 0.25) is 0 Å². The summed E-state index contributed by atoms with van der Waals surface area (Å²) in [5, 5.41) is 17.0. The standard InChI is InChI=1S/C15H29N3O/c1-11(7-8-19)9-16-12(2)14-10-18(15(4,5)6)17-13(14)3/h10-12,16,19H,7-9H2,1-6H3. The van der Waals surface area contributed by atoms with Gasteiger partial charge in [0.25, 0.3) is 0 Å². The molecule has 0 radical (unpaired) electrons. The third-order valence-corrected chi connectivity index (χ3v) is 3.49. The number of aliphatic hydroxyl groups is 1. The first-order valence-corrected chi connectivity index (χ1v) is 7.16. The highest BCUT2D eigenvalue weighted by Gasteiger charge is 2.19. The minimum absolute atomic E-state index is 0.0207. The van der Waals surface area contributed by atoms with Crippen molar-refractivity contribution < 1.29 is 5.11 Å². The number of aromatic nitrogens is 2. The minimum Gasteiger partial charge on any atom is -0.396 e. The van der Waals surface area contributed by atoms with Crippen molar-refractivity contribution in [3.8, 4) is 0 Å². The van der Waals surface area contributed by atoms with Crippen LogP contribution in [-0.4, -0.2) is 28.0 Å². The lowest BCUT2D eigenvalue weighted by atomic mass is 10.1. The van der Waals surface area contributed by atoms with Gasteiger partial charge in [-0.1, -0.05) is 6.92 Å². The van der Waals surface area contributed by atoms with Crippen LogP contribution in [0.5, 0.6) is 0 Å². The van der Waals surface area contributed by atoms with Gasteiger partial charge in [-0.25, -0.2) is 0 Å². The molecule has 110 valence electrons. The molecule has 0 fully saturated rings. The predicted octanol–water partition coefficient (Wildman–Crippen LogP) is 2.62. The van der Waals surface area contributed by atoms with Gasteiger partial charge in [0, 0.05) is 24.4 Å². The third kappa shape index (κ3) is 4.62. The number of aliphatic hydroxyl groups excluding tert-OH is 1. The fourth-order valence-corrected chi connectivity index (χ4v) is 2.05. The Hall–Kier alpha value is -0.870. The first-order valence-electron chi connectivity index (χ1n) is 7.16. The molecule has 1 aromatic rings. The van der Waals surface area contributed by atoms with E-state index >= 15 is 0 Å². The lowest BCUT2D eigenvalue weighted by Crippen LogP contribution is -2.25. The van der Waals surface area contributed by atoms with E-state index in [2.05, 4.69) is 58.2 Å². The molecule has 0 aliphatic rings. The largest absolute Gasteiger partial charge is 0.396 e. The van der Waals surface area contributed by atoms with E-state index in [9.17, 15) is 0 Å². The second-order valence-corrected chi connectivity index (χ2v) is 6.53. The van der Waals surface area contributed by atoms with E-state index in [-0.39, 0.29) is 18.2 Å². The van der Waals surface area contributed by atoms with Gasteiger partial charge in [-0.05, 0) is 53.5 Å². The molecular formula is C15H29N3O. The van der Waals surface area contributed by atoms with Crippen molar-refractivity contribution in [2.24, 2.45) is 5.92 Å². The molecule has 1 rings (SSSR count). The lowest BCUT2D eigenvalue weighted by Gasteiger charge is -2.19. The van der Waals surface area contributed by atoms with Crippen molar-refractivity contribution in [2.75, 3.05) is 13.2 Å². The van der Waals surface area contributed by atoms with Crippen molar-refractivity contribution in [1.29, 1.82) is 0 Å². The third-order valence-electron chi connectivity index (χ3n) is 3.49. The molecule has 0 bridgehead atoms. The summed E-state index contributed by atoms with van der Waals surface area (Å²) in [5.41, 5.74) is 2.36. The summed E-state index contributed by atoms with van der Waals surface area (Å²) in [6, 6.07) is 0.289. The zero-order valence-corrected chi connectivity index (χ0v) is 13.2. The number of nitrogens with zero attached hydrogens (tertiary/aromatic N) is 2. The summed E-state index contributed by atoms with van der Waals surface area (Å²) in [6.45, 7) is 14.0. The van der Waals surface area contributed by atoms with Crippen LogP contribution < -0.4 is 5.32 Å². The lowest BCUT2D eigenvalue weighted by molar-refractivity contribution is 0.258. The average molecular weight is 267 g/mol. The first kappa shape index (κ1) is 16.2. The minimum atomic E-state index is 0.0207. The molecule has 0 aliphatic carbocycles. The average Bonchev–Trinajstić information content (AvgIpc) is 2.68. The summed E-state index contributed by atoms with van der Waals surface area (Å²) in [4.78, 5) is 0. The summed E-state index contributed by atoms with van der Waals surface area (Å²) in [5.74, 6) is 0.491. The molecule has 1 aromatic heterocycles. The Kier molecular flexibility index (Phi) is 5.56. The summed E-state index contributed by atoms with van der Waals surface area (Å²) in [7, 11) is 0. The summed E-state index contributed by atoms with van der Waals surface area (Å²) in [6.07, 6.45) is 2.99. The number of rotatable bonds is 6. The predicted molar refractivity (Wildman–Crippen MR) is 79.2 cm³/mol. The highest BCUT2D eigenvalue weighted by atomic mass is 16.3. The molecule has 4 nitrogen and oxygen atoms in total. The van der Waals surface area contributed by atoms with E-state index in [1.807, 2.05) is 4.68 Å². The summed E-state index contributed by atoms with van der Waals surface area (Å²) < 4.78 is 2.03. The summed E-state index contributed by atoms with van der Waals surface area (Å²) >= 11 is 0. The fourth-order valence-electron chi connectivity index (χ4n) is 2.05. The van der Waals surface area contributed by atoms with Crippen molar-refractivity contribution in [1.82, 2.24) is 15.1 Å². The highest BCUT2D eigenvalue weighted by molar-refractivity contribution is 5.20. The van der Waals surface area contributed by atoms with Gasteiger partial charge in [0.15, 0.2) is 0 Å². The zero-order valence-electron chi connectivity index (χ0n) is 13.2. The van der Waals surface area contributed by atoms with Gasteiger partial charge in [-0.15, -0.1) is 0 Å². The van der Waals surface area contributed by atoms with Crippen LogP contribution in [-0.2, 0) is 5.54 Å². The van der Waals surface area contributed by atoms with Crippen LogP contribution in [0.3, 0.4) is 0 Å². The second kappa shape index (κ2) is 6.53. The molecule has 0 aromatic carbocycles. The van der Waals surface area contributed by atoms with Gasteiger partial charge in [0.2, 0.25) is 0 Å². The van der Waals surface area contributed by atoms with E-state index < -0.39 is 0 Å². The van der Waals surface area contributed by atoms with Gasteiger partial charge in [0.05, 0.1) is 11.2 Å². The van der Waals surface area contributed by atoms with Crippen molar-refractivity contribution >= 4 is 0 Å². The molecule has 4 heteroatoms. The van der Waals surface area contributed by atoms with Crippen LogP contribution in [0.4, 0.5) is 0 Å². The van der Waals surface area contributed by atoms with Gasteiger partial charge in [-0.2, -0.15) is 5.10 Å². The maximum Gasteiger partial charge on any atom is 0.0641 e. The molecule has 0 saturated heterocycles. The highest BCUT2D eigenvalue weighted by Crippen LogP contribution is 2.21. The molecule has 0 amide bonds. The van der Waals surface area contributed by atoms with Crippen molar-refractivity contribution in [3.05, 3.63) is 17.5 Å². The smallest absolute Gasteiger partial charge is 0.0641 e. The molecular weight excluding hydrogens is 238 g/mol. The maximum atomic E-state index is 8.91. The molecule has 2 unspecified atom stereocenters. The Morgan fingerprint density at radius 2 is 2.00 bits per heavy atom. The van der Waals surface area contributed by atoms with Crippen LogP contribution in [0.15, 0.2) is 6.20 Å². The van der Waals surface area contributed by atoms with Crippen molar-refractivity contribution in [3.63, 3.8) is 0 Å². The number of aryl methyl sites for hydroxylation is 1. The Morgan fingerprint density at radius 1 is 1.37 bits per heavy atom. The van der Waals surface area contributed by atoms with E-state index in [0.29, 0.717) is 5.92 Å². The van der Waals surface area contributed by atoms with Gasteiger partial charge in [0.1, 0.15) is 0 Å². The first-order chi connectivity index (χ1) is 8.75. The van der Waals surface area contributed by atoms with Crippen LogP contribution in [0.1, 0.15) is 58.3 Å². The molecule has 2 N–H and O–H groups in total. The maximum absolute atomic E-state index is 8.91. The van der Waals surface area contributed by atoms with Crippen LogP contribution >= 0.6 is 0 Å². The number of hydrogen-bond acceptors (Lipinski definition) is 3. The Balaban J connectivity index is 2.67. The Morgan fingerprint density at radius 3 is 2.47 bits per heavy atom. The molecule has 2 atom stereocenters. The van der Waals surface area contributed by atoms with Gasteiger partial charge in [-0.3, -0.25) is 4.68 Å². The molecule has 1 heterocycles. The number of nitrogens with one attached hydrogen (secondary N) is 1. The normalized spacial score (nSPS) is 15.5. The Bertz CT molecular complexity index is 393. The fraction of sp³-hybridized carbons (Fsp3) is 0.800. The Labute approximate surface area is 117 Å². The second-order valence-electron chi connectivity index (χ2n) is 6.53. The number of hydrogen-bond donors (Lipinski definition) is 2. The zero-order chi connectivity index (χ0) is 14.6. The molecule has 0 aliphatic heterocycles. The van der Waals surface area contributed by atoms with Crippen molar-refractivity contribution in [2.45, 2.75) is 59.5 Å². The topological polar surface area (TPSA) is 50.1 Å². The van der Waals surface area contributed by atoms with Gasteiger partial charge < -0.3 is 10.4 Å². The molecule has 19 heavy (non-hydrogen) atoms. The van der Waals surface area contributed by atoms with Crippen LogP contribution in [0.25, 0.3) is 0 Å². The molecule has 0 saturated carbocycles. The van der Waals surface area contributed by atoms with E-state index in [1.165, 1.54) is 5.56 Å². The quantitative estimate of drug-likeness (QED) is 0.833. The molecule has 0 spiro atoms. The van der Waals surface area contributed by atoms with E-state index in [4.69, 9.17) is 5.11 Å². The van der Waals surface area contributed by atoms with Gasteiger partial charge >= 0.3 is 0 Å². The monoisotopic (exact) mass is 267 g/mol. The SMILES string of the molecule is Cc1nn(C(C)(C)C)cc1C(C)NCC(C)CCO.